The van der Waals surface area contributed by atoms with Crippen LogP contribution in [0.3, 0.4) is 0 Å². The summed E-state index contributed by atoms with van der Waals surface area (Å²) in [6, 6.07) is 79.1. The van der Waals surface area contributed by atoms with Crippen LogP contribution in [0.5, 0.6) is 0 Å². The van der Waals surface area contributed by atoms with Crippen molar-refractivity contribution >= 4 is 72.4 Å². The summed E-state index contributed by atoms with van der Waals surface area (Å²) in [5, 5.41) is 9.19. The Hall–Kier alpha value is -7.98. The molecule has 0 saturated carbocycles. The highest BCUT2D eigenvalue weighted by molar-refractivity contribution is 7.20. The Morgan fingerprint density at radius 3 is 1.35 bits per heavy atom. The zero-order valence-electron chi connectivity index (χ0n) is 39.3. The third kappa shape index (κ3) is 6.00. The van der Waals surface area contributed by atoms with Gasteiger partial charge in [0, 0.05) is 32.9 Å². The summed E-state index contributed by atoms with van der Waals surface area (Å²) < 4.78 is 47.5. The lowest BCUT2D eigenvalue weighted by Gasteiger charge is -2.35. The van der Waals surface area contributed by atoms with E-state index >= 15 is 0 Å². The van der Waals surface area contributed by atoms with Gasteiger partial charge in [-0.3, -0.25) is 0 Å². The third-order valence-corrected chi connectivity index (χ3v) is 17.5. The molecule has 0 unspecified atom stereocenters. The number of aromatic nitrogens is 2. The number of rotatable bonds is 8. The maximum absolute atomic E-state index is 8.97. The molecule has 12 aromatic rings. The van der Waals surface area contributed by atoms with Crippen molar-refractivity contribution in [2.24, 2.45) is 0 Å². The molecule has 3 heteroatoms. The molecule has 0 atom stereocenters. The molecule has 0 spiro atoms. The Labute approximate surface area is 375 Å². The van der Waals surface area contributed by atoms with Gasteiger partial charge in [-0.1, -0.05) is 200 Å². The summed E-state index contributed by atoms with van der Waals surface area (Å²) >= 11 is 0. The Balaban J connectivity index is 1.16. The highest BCUT2D eigenvalue weighted by atomic mass is 28.3. The number of fused-ring (bicyclic) bond motifs is 6. The second-order valence-electron chi connectivity index (χ2n) is 16.1. The molecule has 0 amide bonds. The topological polar surface area (TPSA) is 9.86 Å². The first-order valence-electron chi connectivity index (χ1n) is 23.8. The minimum absolute atomic E-state index is 0.131. The van der Waals surface area contributed by atoms with Gasteiger partial charge in [0.25, 0.3) is 0 Å². The van der Waals surface area contributed by atoms with Gasteiger partial charge in [-0.15, -0.1) is 0 Å². The molecular formula is C60H42N2Si. The van der Waals surface area contributed by atoms with Crippen LogP contribution in [0, 0.1) is 0 Å². The molecular weight excluding hydrogens is 777 g/mol. The molecule has 12 rings (SSSR count). The molecule has 0 bridgehead atoms. The highest BCUT2D eigenvalue weighted by Gasteiger charge is 2.42. The molecule has 0 radical (unpaired) electrons. The van der Waals surface area contributed by atoms with E-state index in [4.69, 9.17) is 6.85 Å². The minimum Gasteiger partial charge on any atom is -0.309 e. The second kappa shape index (κ2) is 15.2. The summed E-state index contributed by atoms with van der Waals surface area (Å²) in [6.07, 6.45) is 0. The Kier molecular flexibility index (Phi) is 7.67. The van der Waals surface area contributed by atoms with E-state index in [0.717, 1.165) is 71.6 Å². The summed E-state index contributed by atoms with van der Waals surface area (Å²) in [6.45, 7) is 0. The highest BCUT2D eigenvalue weighted by Crippen LogP contribution is 2.37. The number of benzene rings is 10. The van der Waals surface area contributed by atoms with Crippen molar-refractivity contribution in [3.63, 3.8) is 0 Å². The van der Waals surface area contributed by atoms with Crippen molar-refractivity contribution in [2.45, 2.75) is 0 Å². The van der Waals surface area contributed by atoms with Gasteiger partial charge in [0.15, 0.2) is 8.07 Å². The molecule has 0 aliphatic rings. The van der Waals surface area contributed by atoms with Gasteiger partial charge in [-0.05, 0) is 97.6 Å². The number of nitrogens with zero attached hydrogens (tertiary/aromatic N) is 2. The molecule has 0 aliphatic heterocycles. The Bertz CT molecular complexity index is 3780. The predicted molar refractivity (Wildman–Crippen MR) is 270 cm³/mol. The monoisotopic (exact) mass is 823 g/mol. The van der Waals surface area contributed by atoms with E-state index in [-0.39, 0.29) is 29.9 Å². The van der Waals surface area contributed by atoms with E-state index in [1.807, 2.05) is 34.9 Å². The van der Waals surface area contributed by atoms with Gasteiger partial charge in [-0.25, -0.2) is 0 Å². The first-order chi connectivity index (χ1) is 33.3. The Morgan fingerprint density at radius 2 is 0.762 bits per heavy atom. The molecule has 10 aromatic carbocycles. The van der Waals surface area contributed by atoms with Crippen molar-refractivity contribution in [3.8, 4) is 33.6 Å². The van der Waals surface area contributed by atoms with Crippen LogP contribution in [-0.2, 0) is 0 Å². The molecule has 296 valence electrons. The zero-order valence-corrected chi connectivity index (χ0v) is 35.3. The molecule has 0 N–H and O–H groups in total. The predicted octanol–water partition coefficient (Wildman–Crippen LogP) is 12.6. The van der Waals surface area contributed by atoms with E-state index in [1.54, 1.807) is 0 Å². The average Bonchev–Trinajstić information content (AvgIpc) is 3.91. The van der Waals surface area contributed by atoms with Crippen LogP contribution < -0.4 is 20.7 Å². The van der Waals surface area contributed by atoms with E-state index in [0.29, 0.717) is 0 Å². The minimum atomic E-state index is -3.15. The number of hydrogen-bond donors (Lipinski definition) is 0. The van der Waals surface area contributed by atoms with Crippen molar-refractivity contribution in [1.82, 2.24) is 9.13 Å². The van der Waals surface area contributed by atoms with Crippen molar-refractivity contribution < 1.29 is 6.85 Å². The fourth-order valence-corrected chi connectivity index (χ4v) is 14.8. The van der Waals surface area contributed by atoms with E-state index in [1.165, 1.54) is 20.7 Å². The van der Waals surface area contributed by atoms with Gasteiger partial charge < -0.3 is 9.13 Å². The fourth-order valence-electron chi connectivity index (χ4n) is 9.99. The van der Waals surface area contributed by atoms with Crippen LogP contribution in [0.1, 0.15) is 6.85 Å². The third-order valence-electron chi connectivity index (χ3n) is 12.7. The molecule has 2 nitrogen and oxygen atoms in total. The van der Waals surface area contributed by atoms with Gasteiger partial charge in [0.1, 0.15) is 0 Å². The normalized spacial score (nSPS) is 12.9. The first kappa shape index (κ1) is 31.8. The Morgan fingerprint density at radius 1 is 0.286 bits per heavy atom. The number of para-hydroxylation sites is 3. The maximum atomic E-state index is 8.97. The van der Waals surface area contributed by atoms with E-state index in [9.17, 15) is 0 Å². The van der Waals surface area contributed by atoms with Crippen molar-refractivity contribution in [1.29, 1.82) is 0 Å². The quantitative estimate of drug-likeness (QED) is 0.107. The molecule has 63 heavy (non-hydrogen) atoms. The van der Waals surface area contributed by atoms with E-state index in [2.05, 4.69) is 199 Å². The van der Waals surface area contributed by atoms with Gasteiger partial charge in [0.2, 0.25) is 0 Å². The van der Waals surface area contributed by atoms with Crippen molar-refractivity contribution in [3.05, 3.63) is 255 Å². The maximum Gasteiger partial charge on any atom is 0.179 e. The fraction of sp³-hybridized carbons (Fsp3) is 0. The van der Waals surface area contributed by atoms with Crippen LogP contribution >= 0.6 is 0 Å². The smallest absolute Gasteiger partial charge is 0.179 e. The van der Waals surface area contributed by atoms with Crippen LogP contribution in [-0.4, -0.2) is 17.2 Å². The summed E-state index contributed by atoms with van der Waals surface area (Å²) in [5.41, 5.74) is 9.39. The van der Waals surface area contributed by atoms with Gasteiger partial charge >= 0.3 is 0 Å². The lowest BCUT2D eigenvalue weighted by atomic mass is 9.99. The summed E-state index contributed by atoms with van der Waals surface area (Å²) in [5.74, 6) is 0. The van der Waals surface area contributed by atoms with E-state index < -0.39 is 14.1 Å². The second-order valence-corrected chi connectivity index (χ2v) is 19.9. The average molecular weight is 824 g/mol. The van der Waals surface area contributed by atoms with Gasteiger partial charge in [-0.2, -0.15) is 0 Å². The van der Waals surface area contributed by atoms with Crippen LogP contribution in [0.25, 0.3) is 77.2 Å². The van der Waals surface area contributed by atoms with Crippen LogP contribution in [0.15, 0.2) is 255 Å². The molecule has 0 aliphatic carbocycles. The van der Waals surface area contributed by atoms with Gasteiger partial charge in [0.05, 0.1) is 28.9 Å². The van der Waals surface area contributed by atoms with Crippen molar-refractivity contribution in [2.75, 3.05) is 0 Å². The van der Waals surface area contributed by atoms with Crippen LogP contribution in [0.4, 0.5) is 0 Å². The standard InChI is InChI=1S/C60H42N2Si/c1-6-20-43(21-7-1)45-38-46(44-22-8-2-9-23-44)40-52(39-45)63(49-26-12-4-13-27-49,50-28-14-5-15-29-50)51-35-36-55-53-30-16-18-32-57(53)62(60(55)42-51)48-34-37-59-56(41-48)54-31-17-19-33-58(54)61(59)47-24-10-3-11-25-47/h1-42H/i3D,10D,11D,24D,25D. The summed E-state index contributed by atoms with van der Waals surface area (Å²) in [4.78, 5) is 0. The first-order valence-corrected chi connectivity index (χ1v) is 23.3. The molecule has 0 fully saturated rings. The molecule has 2 heterocycles. The molecule has 2 aromatic heterocycles. The largest absolute Gasteiger partial charge is 0.309 e. The summed E-state index contributed by atoms with van der Waals surface area (Å²) in [7, 11) is -3.15. The number of hydrogen-bond acceptors (Lipinski definition) is 0. The molecule has 0 saturated heterocycles. The SMILES string of the molecule is [2H]c1c([2H])c([2H])c(-n2c3ccccc3c3cc(-n4c5ccccc5c5ccc([Si](c6ccccc6)(c6ccccc6)c6cc(-c7ccccc7)cc(-c7ccccc7)c6)cc54)ccc32)c([2H])c1[2H]. The van der Waals surface area contributed by atoms with Crippen LogP contribution in [0.2, 0.25) is 0 Å². The zero-order chi connectivity index (χ0) is 46.1. The lowest BCUT2D eigenvalue weighted by Crippen LogP contribution is -2.74. The lowest BCUT2D eigenvalue weighted by molar-refractivity contribution is 1.17.